The molecule has 0 fully saturated rings. The quantitative estimate of drug-likeness (QED) is 0.714. The van der Waals surface area contributed by atoms with E-state index >= 15 is 0 Å². The summed E-state index contributed by atoms with van der Waals surface area (Å²) in [5.41, 5.74) is 2.70. The summed E-state index contributed by atoms with van der Waals surface area (Å²) < 4.78 is 0. The van der Waals surface area contributed by atoms with E-state index < -0.39 is 0 Å². The second-order valence-electron chi connectivity index (χ2n) is 4.25. The van der Waals surface area contributed by atoms with Crippen molar-refractivity contribution in [3.63, 3.8) is 0 Å². The number of rotatable bonds is 5. The molecular weight excluding hydrogens is 184 g/mol. The van der Waals surface area contributed by atoms with E-state index in [2.05, 4.69) is 38.1 Å². The van der Waals surface area contributed by atoms with Crippen molar-refractivity contribution in [2.75, 3.05) is 0 Å². The van der Waals surface area contributed by atoms with E-state index in [1.54, 1.807) is 0 Å². The first-order chi connectivity index (χ1) is 7.15. The molecule has 0 saturated carbocycles. The van der Waals surface area contributed by atoms with Crippen LogP contribution >= 0.6 is 0 Å². The second kappa shape index (κ2) is 5.69. The molecule has 0 aromatic heterocycles. The highest BCUT2D eigenvalue weighted by molar-refractivity contribution is 5.78. The van der Waals surface area contributed by atoms with Crippen molar-refractivity contribution in [3.05, 3.63) is 35.4 Å². The maximum atomic E-state index is 11.3. The highest BCUT2D eigenvalue weighted by Crippen LogP contribution is 2.20. The monoisotopic (exact) mass is 204 g/mol. The van der Waals surface area contributed by atoms with Crippen LogP contribution in [0.2, 0.25) is 0 Å². The molecule has 0 unspecified atom stereocenters. The fourth-order valence-electron chi connectivity index (χ4n) is 1.78. The summed E-state index contributed by atoms with van der Waals surface area (Å²) in [5.74, 6) is 0.895. The van der Waals surface area contributed by atoms with Crippen molar-refractivity contribution in [1.29, 1.82) is 0 Å². The molecule has 0 aliphatic carbocycles. The third kappa shape index (κ3) is 3.50. The summed E-state index contributed by atoms with van der Waals surface area (Å²) in [7, 11) is 0. The molecule has 0 radical (unpaired) electrons. The Bertz CT molecular complexity index is 326. The molecule has 0 aliphatic heterocycles. The Morgan fingerprint density at radius 3 is 2.53 bits per heavy atom. The van der Waals surface area contributed by atoms with Gasteiger partial charge in [0.15, 0.2) is 0 Å². The number of carbonyl (C=O) groups is 1. The Morgan fingerprint density at radius 2 is 1.93 bits per heavy atom. The summed E-state index contributed by atoms with van der Waals surface area (Å²) in [6.07, 6.45) is 2.23. The second-order valence-corrected chi connectivity index (χ2v) is 4.25. The van der Waals surface area contributed by atoms with Crippen LogP contribution in [0.15, 0.2) is 24.3 Å². The Kier molecular flexibility index (Phi) is 4.54. The molecule has 0 N–H and O–H groups in total. The molecule has 82 valence electrons. The van der Waals surface area contributed by atoms with Gasteiger partial charge in [-0.1, -0.05) is 45.0 Å². The Balaban J connectivity index is 2.71. The van der Waals surface area contributed by atoms with Crippen LogP contribution in [0.3, 0.4) is 0 Å². The van der Waals surface area contributed by atoms with Crippen LogP contribution in [0.5, 0.6) is 0 Å². The van der Waals surface area contributed by atoms with Crippen LogP contribution < -0.4 is 0 Å². The number of benzene rings is 1. The van der Waals surface area contributed by atoms with Gasteiger partial charge in [-0.3, -0.25) is 4.79 Å². The summed E-state index contributed by atoms with van der Waals surface area (Å²) >= 11 is 0. The molecule has 1 heteroatoms. The van der Waals surface area contributed by atoms with Gasteiger partial charge < -0.3 is 0 Å². The molecule has 0 heterocycles. The van der Waals surface area contributed by atoms with Crippen LogP contribution in [0, 0.1) is 0 Å². The Morgan fingerprint density at radius 1 is 1.27 bits per heavy atom. The van der Waals surface area contributed by atoms with E-state index in [4.69, 9.17) is 0 Å². The Hall–Kier alpha value is -1.11. The molecular formula is C14H20O. The Labute approximate surface area is 92.5 Å². The van der Waals surface area contributed by atoms with Crippen molar-refractivity contribution in [1.82, 2.24) is 0 Å². The third-order valence-corrected chi connectivity index (χ3v) is 2.74. The molecule has 0 aliphatic rings. The summed E-state index contributed by atoms with van der Waals surface area (Å²) in [6, 6.07) is 8.42. The normalized spacial score (nSPS) is 10.7. The van der Waals surface area contributed by atoms with Gasteiger partial charge in [0.1, 0.15) is 5.78 Å². The zero-order valence-corrected chi connectivity index (χ0v) is 9.92. The number of hydrogen-bond acceptors (Lipinski definition) is 1. The van der Waals surface area contributed by atoms with Crippen molar-refractivity contribution < 1.29 is 4.79 Å². The lowest BCUT2D eigenvalue weighted by Gasteiger charge is -2.11. The topological polar surface area (TPSA) is 17.1 Å². The number of carbonyl (C=O) groups excluding carboxylic acids is 1. The molecule has 1 aromatic carbocycles. The zero-order valence-electron chi connectivity index (χ0n) is 9.92. The molecule has 1 nitrogen and oxygen atoms in total. The van der Waals surface area contributed by atoms with Crippen molar-refractivity contribution in [3.8, 4) is 0 Å². The lowest BCUT2D eigenvalue weighted by molar-refractivity contribution is -0.118. The van der Waals surface area contributed by atoms with Crippen LogP contribution in [-0.2, 0) is 11.2 Å². The van der Waals surface area contributed by atoms with E-state index in [1.165, 1.54) is 11.1 Å². The van der Waals surface area contributed by atoms with E-state index in [0.717, 1.165) is 6.42 Å². The maximum absolute atomic E-state index is 11.3. The summed E-state index contributed by atoms with van der Waals surface area (Å²) in [6.45, 7) is 6.32. The first-order valence-corrected chi connectivity index (χ1v) is 5.74. The molecule has 1 rings (SSSR count). The number of Topliss-reactive ketones (excluding diaryl/α,β-unsaturated/α-hetero) is 1. The minimum absolute atomic E-state index is 0.355. The lowest BCUT2D eigenvalue weighted by atomic mass is 9.94. The van der Waals surface area contributed by atoms with Crippen LogP contribution in [0.25, 0.3) is 0 Å². The molecule has 0 atom stereocenters. The highest BCUT2D eigenvalue weighted by atomic mass is 16.1. The van der Waals surface area contributed by atoms with Gasteiger partial charge >= 0.3 is 0 Å². The SMILES string of the molecule is CCC(=O)CCc1ccccc1C(C)C. The van der Waals surface area contributed by atoms with Crippen molar-refractivity contribution in [2.45, 2.75) is 46.0 Å². The van der Waals surface area contributed by atoms with E-state index in [9.17, 15) is 4.79 Å². The van der Waals surface area contributed by atoms with Crippen molar-refractivity contribution >= 4 is 5.78 Å². The molecule has 0 spiro atoms. The predicted molar refractivity (Wildman–Crippen MR) is 64.2 cm³/mol. The number of ketones is 1. The van der Waals surface area contributed by atoms with Gasteiger partial charge in [-0.2, -0.15) is 0 Å². The summed E-state index contributed by atoms with van der Waals surface area (Å²) in [4.78, 5) is 11.3. The molecule has 0 amide bonds. The standard InChI is InChI=1S/C14H20O/c1-4-13(15)10-9-12-7-5-6-8-14(12)11(2)3/h5-8,11H,4,9-10H2,1-3H3. The maximum Gasteiger partial charge on any atom is 0.132 e. The fourth-order valence-corrected chi connectivity index (χ4v) is 1.78. The van der Waals surface area contributed by atoms with Gasteiger partial charge in [0, 0.05) is 12.8 Å². The van der Waals surface area contributed by atoms with Gasteiger partial charge in [-0.25, -0.2) is 0 Å². The highest BCUT2D eigenvalue weighted by Gasteiger charge is 2.06. The molecule has 15 heavy (non-hydrogen) atoms. The minimum Gasteiger partial charge on any atom is -0.300 e. The smallest absolute Gasteiger partial charge is 0.132 e. The van der Waals surface area contributed by atoms with E-state index in [0.29, 0.717) is 24.5 Å². The van der Waals surface area contributed by atoms with Gasteiger partial charge in [-0.15, -0.1) is 0 Å². The minimum atomic E-state index is 0.355. The lowest BCUT2D eigenvalue weighted by Crippen LogP contribution is -2.01. The largest absolute Gasteiger partial charge is 0.300 e. The third-order valence-electron chi connectivity index (χ3n) is 2.74. The first kappa shape index (κ1) is 12.0. The molecule has 0 bridgehead atoms. The predicted octanol–water partition coefficient (Wildman–Crippen LogP) is 3.72. The first-order valence-electron chi connectivity index (χ1n) is 5.74. The molecule has 1 aromatic rings. The fraction of sp³-hybridized carbons (Fsp3) is 0.500. The van der Waals surface area contributed by atoms with Crippen LogP contribution in [0.4, 0.5) is 0 Å². The van der Waals surface area contributed by atoms with Gasteiger partial charge in [0.2, 0.25) is 0 Å². The number of hydrogen-bond donors (Lipinski definition) is 0. The van der Waals surface area contributed by atoms with E-state index in [-0.39, 0.29) is 0 Å². The van der Waals surface area contributed by atoms with Gasteiger partial charge in [0.05, 0.1) is 0 Å². The number of aryl methyl sites for hydroxylation is 1. The average molecular weight is 204 g/mol. The summed E-state index contributed by atoms with van der Waals surface area (Å²) in [5, 5.41) is 0. The zero-order chi connectivity index (χ0) is 11.3. The van der Waals surface area contributed by atoms with Gasteiger partial charge in [0.25, 0.3) is 0 Å². The van der Waals surface area contributed by atoms with Crippen LogP contribution in [-0.4, -0.2) is 5.78 Å². The van der Waals surface area contributed by atoms with Crippen LogP contribution in [0.1, 0.15) is 50.7 Å². The van der Waals surface area contributed by atoms with Crippen molar-refractivity contribution in [2.24, 2.45) is 0 Å². The average Bonchev–Trinajstić information content (AvgIpc) is 2.26. The van der Waals surface area contributed by atoms with Gasteiger partial charge in [-0.05, 0) is 23.5 Å². The molecule has 0 saturated heterocycles. The van der Waals surface area contributed by atoms with E-state index in [1.807, 2.05) is 6.92 Å².